The lowest BCUT2D eigenvalue weighted by atomic mass is 10.1. The molecule has 1 atom stereocenters. The van der Waals surface area contributed by atoms with E-state index in [2.05, 4.69) is 0 Å². The van der Waals surface area contributed by atoms with Crippen molar-refractivity contribution in [2.24, 2.45) is 0 Å². The summed E-state index contributed by atoms with van der Waals surface area (Å²) in [4.78, 5) is 12.4. The van der Waals surface area contributed by atoms with Gasteiger partial charge in [0.15, 0.2) is 16.9 Å². The van der Waals surface area contributed by atoms with Crippen LogP contribution in [0.1, 0.15) is 20.3 Å². The maximum atomic E-state index is 12.4. The maximum Gasteiger partial charge on any atom is 0.197 e. The minimum absolute atomic E-state index is 0.0548. The largest absolute Gasteiger partial charge is 0.507 e. The molecule has 1 aromatic heterocycles. The molecule has 0 radical (unpaired) electrons. The van der Waals surface area contributed by atoms with Crippen molar-refractivity contribution in [2.45, 2.75) is 26.4 Å². The molecule has 6 heteroatoms. The monoisotopic (exact) mass is 342 g/mol. The van der Waals surface area contributed by atoms with E-state index >= 15 is 0 Å². The van der Waals surface area contributed by atoms with Gasteiger partial charge >= 0.3 is 0 Å². The molecule has 25 heavy (non-hydrogen) atoms. The number of aromatic hydroxyl groups is 3. The number of phenols is 3. The van der Waals surface area contributed by atoms with E-state index in [1.807, 2.05) is 13.8 Å². The molecule has 0 bridgehead atoms. The number of ether oxygens (including phenoxy) is 1. The average molecular weight is 342 g/mol. The zero-order valence-corrected chi connectivity index (χ0v) is 13.8. The van der Waals surface area contributed by atoms with Crippen LogP contribution in [0.4, 0.5) is 0 Å². The second-order valence-corrected chi connectivity index (χ2v) is 5.83. The van der Waals surface area contributed by atoms with E-state index < -0.39 is 5.43 Å². The highest BCUT2D eigenvalue weighted by atomic mass is 16.5. The number of rotatable bonds is 4. The lowest BCUT2D eigenvalue weighted by Gasteiger charge is -2.13. The van der Waals surface area contributed by atoms with Crippen LogP contribution in [0.3, 0.4) is 0 Å². The molecule has 0 saturated carbocycles. The Morgan fingerprint density at radius 2 is 1.80 bits per heavy atom. The van der Waals surface area contributed by atoms with Crippen molar-refractivity contribution in [3.8, 4) is 34.3 Å². The van der Waals surface area contributed by atoms with Crippen molar-refractivity contribution in [1.29, 1.82) is 0 Å². The molecule has 3 aromatic rings. The van der Waals surface area contributed by atoms with Crippen molar-refractivity contribution in [3.05, 3.63) is 46.6 Å². The molecule has 2 aromatic carbocycles. The Kier molecular flexibility index (Phi) is 4.27. The third-order valence-corrected chi connectivity index (χ3v) is 3.96. The summed E-state index contributed by atoms with van der Waals surface area (Å²) < 4.78 is 11.4. The van der Waals surface area contributed by atoms with Gasteiger partial charge in [0.05, 0.1) is 6.10 Å². The van der Waals surface area contributed by atoms with Gasteiger partial charge < -0.3 is 24.5 Å². The fraction of sp³-hybridized carbons (Fsp3) is 0.211. The molecular formula is C19H18O6. The van der Waals surface area contributed by atoms with Crippen LogP contribution < -0.4 is 10.2 Å². The zero-order valence-electron chi connectivity index (χ0n) is 13.8. The summed E-state index contributed by atoms with van der Waals surface area (Å²) in [5, 5.41) is 29.2. The molecule has 0 fully saturated rings. The van der Waals surface area contributed by atoms with E-state index in [0.717, 1.165) is 6.42 Å². The van der Waals surface area contributed by atoms with E-state index in [0.29, 0.717) is 11.3 Å². The first-order valence-electron chi connectivity index (χ1n) is 7.89. The van der Waals surface area contributed by atoms with Crippen LogP contribution >= 0.6 is 0 Å². The molecule has 0 amide bonds. The normalized spacial score (nSPS) is 12.2. The molecule has 0 aliphatic rings. The van der Waals surface area contributed by atoms with Gasteiger partial charge in [0, 0.05) is 23.8 Å². The van der Waals surface area contributed by atoms with E-state index in [4.69, 9.17) is 9.15 Å². The number of phenolic OH excluding ortho intramolecular Hbond substituents is 3. The third kappa shape index (κ3) is 3.24. The number of benzene rings is 2. The van der Waals surface area contributed by atoms with E-state index in [9.17, 15) is 20.1 Å². The minimum Gasteiger partial charge on any atom is -0.507 e. The summed E-state index contributed by atoms with van der Waals surface area (Å²) in [6, 6.07) is 8.26. The summed E-state index contributed by atoms with van der Waals surface area (Å²) >= 11 is 0. The van der Waals surface area contributed by atoms with Crippen molar-refractivity contribution in [1.82, 2.24) is 0 Å². The summed E-state index contributed by atoms with van der Waals surface area (Å²) in [7, 11) is 0. The van der Waals surface area contributed by atoms with Crippen LogP contribution in [0.25, 0.3) is 22.3 Å². The second-order valence-electron chi connectivity index (χ2n) is 5.83. The van der Waals surface area contributed by atoms with Gasteiger partial charge in [-0.05, 0) is 31.5 Å². The molecule has 130 valence electrons. The van der Waals surface area contributed by atoms with E-state index in [-0.39, 0.29) is 40.1 Å². The Labute approximate surface area is 143 Å². The SMILES string of the molecule is CCC(C)Oc1cc(O)c2c(=O)cc(-c3ccc(O)c(O)c3)oc2c1. The molecular weight excluding hydrogens is 324 g/mol. The van der Waals surface area contributed by atoms with Gasteiger partial charge in [-0.2, -0.15) is 0 Å². The van der Waals surface area contributed by atoms with Gasteiger partial charge in [-0.15, -0.1) is 0 Å². The molecule has 1 heterocycles. The molecule has 3 N–H and O–H groups in total. The second kappa shape index (κ2) is 6.39. The highest BCUT2D eigenvalue weighted by molar-refractivity contribution is 5.86. The lowest BCUT2D eigenvalue weighted by molar-refractivity contribution is 0.217. The minimum atomic E-state index is -0.420. The van der Waals surface area contributed by atoms with Crippen LogP contribution in [0.15, 0.2) is 45.6 Å². The zero-order chi connectivity index (χ0) is 18.1. The van der Waals surface area contributed by atoms with Crippen LogP contribution in [-0.2, 0) is 0 Å². The average Bonchev–Trinajstić information content (AvgIpc) is 2.56. The Morgan fingerprint density at radius 3 is 2.48 bits per heavy atom. The van der Waals surface area contributed by atoms with Crippen LogP contribution in [0.2, 0.25) is 0 Å². The molecule has 3 rings (SSSR count). The van der Waals surface area contributed by atoms with Gasteiger partial charge in [-0.3, -0.25) is 4.79 Å². The highest BCUT2D eigenvalue weighted by Gasteiger charge is 2.14. The van der Waals surface area contributed by atoms with Crippen molar-refractivity contribution in [3.63, 3.8) is 0 Å². The Bertz CT molecular complexity index is 989. The Balaban J connectivity index is 2.16. The molecule has 6 nitrogen and oxygen atoms in total. The van der Waals surface area contributed by atoms with Gasteiger partial charge in [0.25, 0.3) is 0 Å². The van der Waals surface area contributed by atoms with Gasteiger partial charge in [-0.1, -0.05) is 6.92 Å². The van der Waals surface area contributed by atoms with Gasteiger partial charge in [-0.25, -0.2) is 0 Å². The Hall–Kier alpha value is -3.15. The van der Waals surface area contributed by atoms with Crippen LogP contribution in [0.5, 0.6) is 23.0 Å². The molecule has 0 spiro atoms. The van der Waals surface area contributed by atoms with E-state index in [1.165, 1.54) is 30.3 Å². The van der Waals surface area contributed by atoms with Crippen molar-refractivity contribution >= 4 is 11.0 Å². The molecule has 0 aliphatic heterocycles. The van der Waals surface area contributed by atoms with Crippen LogP contribution in [0, 0.1) is 0 Å². The van der Waals surface area contributed by atoms with Crippen LogP contribution in [-0.4, -0.2) is 21.4 Å². The first-order valence-corrected chi connectivity index (χ1v) is 7.89. The topological polar surface area (TPSA) is 100 Å². The fourth-order valence-corrected chi connectivity index (χ4v) is 2.45. The summed E-state index contributed by atoms with van der Waals surface area (Å²) in [6.45, 7) is 3.87. The standard InChI is InChI=1S/C19H18O6/c1-3-10(2)24-12-7-15(22)19-16(23)9-17(25-18(19)8-12)11-4-5-13(20)14(21)6-11/h4-10,20-22H,3H2,1-2H3. The predicted molar refractivity (Wildman–Crippen MR) is 93.3 cm³/mol. The van der Waals surface area contributed by atoms with Crippen molar-refractivity contribution < 1.29 is 24.5 Å². The number of fused-ring (bicyclic) bond motifs is 1. The molecule has 0 aliphatic carbocycles. The molecule has 1 unspecified atom stereocenters. The van der Waals surface area contributed by atoms with E-state index in [1.54, 1.807) is 6.07 Å². The number of hydrogen-bond donors (Lipinski definition) is 3. The fourth-order valence-electron chi connectivity index (χ4n) is 2.45. The van der Waals surface area contributed by atoms with Gasteiger partial charge in [0.1, 0.15) is 28.2 Å². The first-order chi connectivity index (χ1) is 11.9. The lowest BCUT2D eigenvalue weighted by Crippen LogP contribution is -2.10. The predicted octanol–water partition coefficient (Wildman–Crippen LogP) is 3.75. The summed E-state index contributed by atoms with van der Waals surface area (Å²) in [6.07, 6.45) is 0.732. The smallest absolute Gasteiger partial charge is 0.197 e. The quantitative estimate of drug-likeness (QED) is 0.624. The molecule has 0 saturated heterocycles. The first kappa shape index (κ1) is 16.7. The summed E-state index contributed by atoms with van der Waals surface area (Å²) in [5.41, 5.74) is 0.173. The Morgan fingerprint density at radius 1 is 1.04 bits per heavy atom. The highest BCUT2D eigenvalue weighted by Crippen LogP contribution is 2.34. The third-order valence-electron chi connectivity index (χ3n) is 3.96. The summed E-state index contributed by atoms with van der Waals surface area (Å²) in [5.74, 6) is -0.212. The van der Waals surface area contributed by atoms with Gasteiger partial charge in [0.2, 0.25) is 0 Å². The number of hydrogen-bond acceptors (Lipinski definition) is 6. The maximum absolute atomic E-state index is 12.4. The van der Waals surface area contributed by atoms with Crippen molar-refractivity contribution in [2.75, 3.05) is 0 Å².